The fraction of sp³-hybridized carbons (Fsp3) is 1.00. The Morgan fingerprint density at radius 1 is 0.882 bits per heavy atom. The normalized spacial score (nSPS) is 57.4. The Morgan fingerprint density at radius 3 is 2.47 bits per heavy atom. The Kier molecular flexibility index (Phi) is 2.50. The molecular formula is C14H25N3. The first-order chi connectivity index (χ1) is 8.34. The van der Waals surface area contributed by atoms with Crippen LogP contribution in [-0.4, -0.2) is 18.9 Å². The first-order valence-corrected chi connectivity index (χ1v) is 7.59. The number of rotatable bonds is 0. The van der Waals surface area contributed by atoms with Gasteiger partial charge in [0.15, 0.2) is 0 Å². The van der Waals surface area contributed by atoms with Crippen LogP contribution in [0.3, 0.4) is 0 Å². The highest BCUT2D eigenvalue weighted by atomic mass is 15.3. The van der Waals surface area contributed by atoms with E-state index in [4.69, 9.17) is 5.73 Å². The third-order valence-corrected chi connectivity index (χ3v) is 6.18. The van der Waals surface area contributed by atoms with Crippen molar-refractivity contribution >= 4 is 0 Å². The molecule has 1 saturated heterocycles. The second-order valence-electron chi connectivity index (χ2n) is 6.77. The van der Waals surface area contributed by atoms with Gasteiger partial charge in [0.2, 0.25) is 0 Å². The van der Waals surface area contributed by atoms with Crippen molar-refractivity contribution in [2.24, 2.45) is 35.3 Å². The minimum Gasteiger partial charge on any atom is -0.304 e. The van der Waals surface area contributed by atoms with E-state index in [2.05, 4.69) is 10.6 Å². The quantitative estimate of drug-likeness (QED) is 0.592. The molecule has 1 heterocycles. The Bertz CT molecular complexity index is 304. The van der Waals surface area contributed by atoms with Crippen LogP contribution in [0.1, 0.15) is 38.5 Å². The summed E-state index contributed by atoms with van der Waals surface area (Å²) >= 11 is 0. The number of hydrogen-bond donors (Lipinski definition) is 3. The molecule has 0 radical (unpaired) electrons. The second-order valence-corrected chi connectivity index (χ2v) is 6.77. The highest BCUT2D eigenvalue weighted by molar-refractivity contribution is 5.08. The predicted octanol–water partition coefficient (Wildman–Crippen LogP) is 1.25. The van der Waals surface area contributed by atoms with Gasteiger partial charge in [0.25, 0.3) is 0 Å². The van der Waals surface area contributed by atoms with Crippen LogP contribution < -0.4 is 16.4 Å². The molecule has 4 N–H and O–H groups in total. The smallest absolute Gasteiger partial charge is 0.109 e. The van der Waals surface area contributed by atoms with Crippen molar-refractivity contribution < 1.29 is 0 Å². The van der Waals surface area contributed by atoms with Gasteiger partial charge in [-0.15, -0.1) is 0 Å². The molecule has 7 atom stereocenters. The Labute approximate surface area is 104 Å². The Balaban J connectivity index is 1.66. The van der Waals surface area contributed by atoms with Crippen LogP contribution in [-0.2, 0) is 0 Å². The summed E-state index contributed by atoms with van der Waals surface area (Å²) < 4.78 is 0. The lowest BCUT2D eigenvalue weighted by molar-refractivity contribution is 0.0848. The first-order valence-electron chi connectivity index (χ1n) is 7.59. The molecule has 0 bridgehead atoms. The summed E-state index contributed by atoms with van der Waals surface area (Å²) in [4.78, 5) is 0. The fourth-order valence-electron chi connectivity index (χ4n) is 5.72. The zero-order valence-corrected chi connectivity index (χ0v) is 10.6. The van der Waals surface area contributed by atoms with E-state index in [0.29, 0.717) is 0 Å². The van der Waals surface area contributed by atoms with Gasteiger partial charge < -0.3 is 5.73 Å². The topological polar surface area (TPSA) is 50.1 Å². The van der Waals surface area contributed by atoms with Crippen LogP contribution in [0.2, 0.25) is 0 Å². The first kappa shape index (κ1) is 10.8. The molecule has 0 aromatic heterocycles. The maximum absolute atomic E-state index is 6.03. The molecule has 4 fully saturated rings. The maximum atomic E-state index is 6.03. The van der Waals surface area contributed by atoms with E-state index in [9.17, 15) is 0 Å². The van der Waals surface area contributed by atoms with E-state index in [0.717, 1.165) is 42.2 Å². The van der Waals surface area contributed by atoms with Gasteiger partial charge in [-0.1, -0.05) is 25.7 Å². The molecule has 0 aromatic rings. The third kappa shape index (κ3) is 1.52. The van der Waals surface area contributed by atoms with Crippen LogP contribution in [0, 0.1) is 29.6 Å². The Morgan fingerprint density at radius 2 is 1.65 bits per heavy atom. The minimum absolute atomic E-state index is 0.0387. The third-order valence-electron chi connectivity index (χ3n) is 6.18. The van der Waals surface area contributed by atoms with Crippen LogP contribution in [0.15, 0.2) is 0 Å². The molecular weight excluding hydrogens is 210 g/mol. The van der Waals surface area contributed by atoms with E-state index in [1.54, 1.807) is 0 Å². The molecule has 3 saturated carbocycles. The SMILES string of the molecule is NC1NCC2C3CCCC4CCCC(C2N1)C43. The summed E-state index contributed by atoms with van der Waals surface area (Å²) in [5, 5.41) is 7.09. The van der Waals surface area contributed by atoms with Crippen LogP contribution >= 0.6 is 0 Å². The zero-order chi connectivity index (χ0) is 11.4. The molecule has 3 nitrogen and oxygen atoms in total. The van der Waals surface area contributed by atoms with Crippen LogP contribution in [0.4, 0.5) is 0 Å². The van der Waals surface area contributed by atoms with Crippen molar-refractivity contribution in [3.8, 4) is 0 Å². The van der Waals surface area contributed by atoms with Gasteiger partial charge in [-0.05, 0) is 42.4 Å². The fourth-order valence-corrected chi connectivity index (χ4v) is 5.72. The molecule has 4 aliphatic rings. The van der Waals surface area contributed by atoms with Crippen molar-refractivity contribution in [3.63, 3.8) is 0 Å². The largest absolute Gasteiger partial charge is 0.304 e. The number of nitrogens with two attached hydrogens (primary N) is 1. The monoisotopic (exact) mass is 235 g/mol. The number of nitrogens with one attached hydrogen (secondary N) is 2. The average molecular weight is 235 g/mol. The molecule has 3 aliphatic carbocycles. The second kappa shape index (κ2) is 3.94. The van der Waals surface area contributed by atoms with Crippen LogP contribution in [0.25, 0.3) is 0 Å². The Hall–Kier alpha value is -0.120. The van der Waals surface area contributed by atoms with Crippen molar-refractivity contribution in [3.05, 3.63) is 0 Å². The lowest BCUT2D eigenvalue weighted by Gasteiger charge is -2.41. The number of fused-ring (bicyclic) bond motifs is 3. The van der Waals surface area contributed by atoms with Gasteiger partial charge in [0.1, 0.15) is 6.29 Å². The van der Waals surface area contributed by atoms with Crippen molar-refractivity contribution in [1.29, 1.82) is 0 Å². The van der Waals surface area contributed by atoms with Gasteiger partial charge in [0, 0.05) is 12.6 Å². The summed E-state index contributed by atoms with van der Waals surface area (Å²) in [6, 6.07) is 0.724. The number of hydrogen-bond acceptors (Lipinski definition) is 3. The van der Waals surface area contributed by atoms with E-state index >= 15 is 0 Å². The highest BCUT2D eigenvalue weighted by Crippen LogP contribution is 2.57. The van der Waals surface area contributed by atoms with Crippen molar-refractivity contribution in [2.45, 2.75) is 50.9 Å². The summed E-state index contributed by atoms with van der Waals surface area (Å²) in [5.41, 5.74) is 6.03. The van der Waals surface area contributed by atoms with E-state index in [-0.39, 0.29) is 6.29 Å². The summed E-state index contributed by atoms with van der Waals surface area (Å²) in [7, 11) is 0. The van der Waals surface area contributed by atoms with Gasteiger partial charge >= 0.3 is 0 Å². The minimum atomic E-state index is 0.0387. The zero-order valence-electron chi connectivity index (χ0n) is 10.6. The molecule has 96 valence electrons. The maximum Gasteiger partial charge on any atom is 0.109 e. The molecule has 1 aliphatic heterocycles. The van der Waals surface area contributed by atoms with Crippen molar-refractivity contribution in [2.75, 3.05) is 6.54 Å². The lowest BCUT2D eigenvalue weighted by atomic mass is 9.64. The molecule has 7 unspecified atom stereocenters. The summed E-state index contributed by atoms with van der Waals surface area (Å²) in [6.45, 7) is 1.16. The van der Waals surface area contributed by atoms with E-state index in [1.807, 2.05) is 0 Å². The lowest BCUT2D eigenvalue weighted by Crippen LogP contribution is -2.63. The molecule has 0 spiro atoms. The van der Waals surface area contributed by atoms with Crippen LogP contribution in [0.5, 0.6) is 0 Å². The summed E-state index contributed by atoms with van der Waals surface area (Å²) in [5.74, 6) is 4.89. The van der Waals surface area contributed by atoms with Crippen molar-refractivity contribution in [1.82, 2.24) is 10.6 Å². The van der Waals surface area contributed by atoms with E-state index < -0.39 is 0 Å². The molecule has 0 aromatic carbocycles. The highest BCUT2D eigenvalue weighted by Gasteiger charge is 2.55. The predicted molar refractivity (Wildman–Crippen MR) is 68.1 cm³/mol. The average Bonchev–Trinajstić information content (AvgIpc) is 2.67. The van der Waals surface area contributed by atoms with Gasteiger partial charge in [0.05, 0.1) is 0 Å². The molecule has 4 rings (SSSR count). The van der Waals surface area contributed by atoms with Gasteiger partial charge in [-0.3, -0.25) is 10.6 Å². The summed E-state index contributed by atoms with van der Waals surface area (Å²) in [6.07, 6.45) is 8.94. The van der Waals surface area contributed by atoms with Gasteiger partial charge in [-0.2, -0.15) is 0 Å². The van der Waals surface area contributed by atoms with Gasteiger partial charge in [-0.25, -0.2) is 0 Å². The standard InChI is InChI=1S/C14H25N3/c15-14-16-7-11-9-5-1-3-8-4-2-6-10(12(8)9)13(11)17-14/h8-14,16-17H,1-7,15H2. The van der Waals surface area contributed by atoms with E-state index in [1.165, 1.54) is 38.5 Å². The molecule has 17 heavy (non-hydrogen) atoms. The molecule has 0 amide bonds. The molecule has 3 heteroatoms.